The number of morpholine rings is 1. The highest BCUT2D eigenvalue weighted by molar-refractivity contribution is 6.33. The van der Waals surface area contributed by atoms with E-state index in [-0.39, 0.29) is 18.1 Å². The summed E-state index contributed by atoms with van der Waals surface area (Å²) < 4.78 is 7.28. The highest BCUT2D eigenvalue weighted by Gasteiger charge is 2.29. The predicted molar refractivity (Wildman–Crippen MR) is 68.8 cm³/mol. The summed E-state index contributed by atoms with van der Waals surface area (Å²) in [7, 11) is 0. The molecular weight excluding hydrogens is 254 g/mol. The molecule has 18 heavy (non-hydrogen) atoms. The van der Waals surface area contributed by atoms with E-state index in [1.54, 1.807) is 15.8 Å². The van der Waals surface area contributed by atoms with Crippen molar-refractivity contribution in [2.24, 2.45) is 0 Å². The number of hydrogen-bond donors (Lipinski definition) is 0. The van der Waals surface area contributed by atoms with Gasteiger partial charge in [0.2, 0.25) is 0 Å². The summed E-state index contributed by atoms with van der Waals surface area (Å²) in [6.07, 6.45) is 1.77. The molecule has 0 aliphatic carbocycles. The summed E-state index contributed by atoms with van der Waals surface area (Å²) in [5, 5.41) is 4.62. The summed E-state index contributed by atoms with van der Waals surface area (Å²) in [6, 6.07) is 0. The van der Waals surface area contributed by atoms with Crippen molar-refractivity contribution in [2.75, 3.05) is 13.1 Å². The third-order valence-corrected chi connectivity index (χ3v) is 3.23. The molecule has 6 heteroatoms. The minimum absolute atomic E-state index is 0.0461. The summed E-state index contributed by atoms with van der Waals surface area (Å²) in [5.41, 5.74) is 0.333. The Morgan fingerprint density at radius 2 is 2.11 bits per heavy atom. The van der Waals surface area contributed by atoms with Crippen molar-refractivity contribution in [3.63, 3.8) is 0 Å². The SMILES string of the molecule is CCn1cc(Cl)c(C(=O)N2C[C@@H](C)O[C@@H](C)C2)n1. The maximum absolute atomic E-state index is 12.4. The lowest BCUT2D eigenvalue weighted by Crippen LogP contribution is -2.48. The first-order chi connectivity index (χ1) is 8.51. The van der Waals surface area contributed by atoms with Crippen LogP contribution in [0.4, 0.5) is 0 Å². The zero-order valence-electron chi connectivity index (χ0n) is 10.9. The van der Waals surface area contributed by atoms with Gasteiger partial charge in [-0.1, -0.05) is 11.6 Å². The molecule has 2 heterocycles. The van der Waals surface area contributed by atoms with Crippen LogP contribution < -0.4 is 0 Å². The van der Waals surface area contributed by atoms with E-state index in [1.807, 2.05) is 20.8 Å². The van der Waals surface area contributed by atoms with Crippen molar-refractivity contribution in [1.29, 1.82) is 0 Å². The van der Waals surface area contributed by atoms with E-state index < -0.39 is 0 Å². The van der Waals surface area contributed by atoms with Gasteiger partial charge in [-0.2, -0.15) is 5.10 Å². The molecule has 0 unspecified atom stereocenters. The minimum Gasteiger partial charge on any atom is -0.372 e. The van der Waals surface area contributed by atoms with Crippen LogP contribution in [0.15, 0.2) is 6.20 Å². The molecule has 0 aromatic carbocycles. The van der Waals surface area contributed by atoms with Gasteiger partial charge in [0.1, 0.15) is 0 Å². The van der Waals surface area contributed by atoms with Crippen LogP contribution >= 0.6 is 11.6 Å². The number of nitrogens with zero attached hydrogens (tertiary/aromatic N) is 3. The Bertz CT molecular complexity index is 437. The third kappa shape index (κ3) is 2.67. The molecule has 0 spiro atoms. The smallest absolute Gasteiger partial charge is 0.276 e. The Kier molecular flexibility index (Phi) is 3.92. The summed E-state index contributed by atoms with van der Waals surface area (Å²) in [4.78, 5) is 14.1. The first-order valence-electron chi connectivity index (χ1n) is 6.19. The van der Waals surface area contributed by atoms with E-state index >= 15 is 0 Å². The molecule has 1 saturated heterocycles. The molecule has 0 bridgehead atoms. The molecule has 2 rings (SSSR count). The van der Waals surface area contributed by atoms with Gasteiger partial charge in [0, 0.05) is 25.8 Å². The molecule has 1 amide bonds. The van der Waals surface area contributed by atoms with E-state index in [2.05, 4.69) is 5.10 Å². The Morgan fingerprint density at radius 3 is 2.61 bits per heavy atom. The van der Waals surface area contributed by atoms with Gasteiger partial charge in [-0.15, -0.1) is 0 Å². The zero-order valence-corrected chi connectivity index (χ0v) is 11.6. The van der Waals surface area contributed by atoms with Crippen LogP contribution in [-0.2, 0) is 11.3 Å². The van der Waals surface area contributed by atoms with Crippen LogP contribution in [0.2, 0.25) is 5.02 Å². The standard InChI is InChI=1S/C12H18ClN3O2/c1-4-16-7-10(13)11(14-16)12(17)15-5-8(2)18-9(3)6-15/h7-9H,4-6H2,1-3H3/t8-,9+. The number of carbonyl (C=O) groups excluding carboxylic acids is 1. The van der Waals surface area contributed by atoms with Gasteiger partial charge < -0.3 is 9.64 Å². The van der Waals surface area contributed by atoms with E-state index in [0.717, 1.165) is 0 Å². The second-order valence-electron chi connectivity index (χ2n) is 4.65. The highest BCUT2D eigenvalue weighted by Crippen LogP contribution is 2.19. The van der Waals surface area contributed by atoms with Gasteiger partial charge in [-0.3, -0.25) is 9.48 Å². The normalized spacial score (nSPS) is 24.3. The molecule has 0 N–H and O–H groups in total. The minimum atomic E-state index is -0.116. The molecule has 1 aliphatic rings. The molecule has 5 nitrogen and oxygen atoms in total. The van der Waals surface area contributed by atoms with Gasteiger partial charge in [0.05, 0.1) is 17.2 Å². The molecule has 100 valence electrons. The van der Waals surface area contributed by atoms with Crippen molar-refractivity contribution in [1.82, 2.24) is 14.7 Å². The Morgan fingerprint density at radius 1 is 1.50 bits per heavy atom. The fourth-order valence-corrected chi connectivity index (χ4v) is 2.43. The fourth-order valence-electron chi connectivity index (χ4n) is 2.20. The number of amides is 1. The number of rotatable bonds is 2. The maximum atomic E-state index is 12.4. The summed E-state index contributed by atoms with van der Waals surface area (Å²) in [6.45, 7) is 7.74. The van der Waals surface area contributed by atoms with Crippen LogP contribution in [-0.4, -0.2) is 45.9 Å². The number of carbonyl (C=O) groups is 1. The van der Waals surface area contributed by atoms with Crippen LogP contribution in [0.25, 0.3) is 0 Å². The fraction of sp³-hybridized carbons (Fsp3) is 0.667. The average Bonchev–Trinajstić information content (AvgIpc) is 2.68. The largest absolute Gasteiger partial charge is 0.372 e. The lowest BCUT2D eigenvalue weighted by atomic mass is 10.2. The number of ether oxygens (including phenoxy) is 1. The molecule has 1 fully saturated rings. The number of aromatic nitrogens is 2. The zero-order chi connectivity index (χ0) is 13.3. The van der Waals surface area contributed by atoms with Crippen LogP contribution in [0.5, 0.6) is 0 Å². The van der Waals surface area contributed by atoms with Gasteiger partial charge in [0.15, 0.2) is 5.69 Å². The van der Waals surface area contributed by atoms with Crippen LogP contribution in [0.1, 0.15) is 31.3 Å². The lowest BCUT2D eigenvalue weighted by molar-refractivity contribution is -0.0587. The Labute approximate surface area is 112 Å². The number of hydrogen-bond acceptors (Lipinski definition) is 3. The highest BCUT2D eigenvalue weighted by atomic mass is 35.5. The van der Waals surface area contributed by atoms with E-state index in [9.17, 15) is 4.79 Å². The molecule has 0 radical (unpaired) electrons. The molecule has 1 aliphatic heterocycles. The van der Waals surface area contributed by atoms with Crippen molar-refractivity contribution >= 4 is 17.5 Å². The van der Waals surface area contributed by atoms with Crippen LogP contribution in [0.3, 0.4) is 0 Å². The van der Waals surface area contributed by atoms with Crippen molar-refractivity contribution < 1.29 is 9.53 Å². The number of aryl methyl sites for hydroxylation is 1. The van der Waals surface area contributed by atoms with Gasteiger partial charge in [-0.25, -0.2) is 0 Å². The van der Waals surface area contributed by atoms with Gasteiger partial charge in [0.25, 0.3) is 5.91 Å². The summed E-state index contributed by atoms with van der Waals surface area (Å²) in [5.74, 6) is -0.116. The topological polar surface area (TPSA) is 47.4 Å². The monoisotopic (exact) mass is 271 g/mol. The maximum Gasteiger partial charge on any atom is 0.276 e. The second-order valence-corrected chi connectivity index (χ2v) is 5.06. The van der Waals surface area contributed by atoms with E-state index in [1.165, 1.54) is 0 Å². The Balaban J connectivity index is 2.17. The van der Waals surface area contributed by atoms with Crippen molar-refractivity contribution in [2.45, 2.75) is 39.5 Å². The molecule has 1 aromatic heterocycles. The van der Waals surface area contributed by atoms with Gasteiger partial charge >= 0.3 is 0 Å². The Hall–Kier alpha value is -1.07. The predicted octanol–water partition coefficient (Wildman–Crippen LogP) is 1.81. The number of halogens is 1. The first kappa shape index (κ1) is 13.4. The molecule has 1 aromatic rings. The lowest BCUT2D eigenvalue weighted by Gasteiger charge is -2.34. The first-order valence-corrected chi connectivity index (χ1v) is 6.56. The second kappa shape index (κ2) is 5.28. The van der Waals surface area contributed by atoms with Crippen molar-refractivity contribution in [3.05, 3.63) is 16.9 Å². The van der Waals surface area contributed by atoms with Gasteiger partial charge in [-0.05, 0) is 20.8 Å². The third-order valence-electron chi connectivity index (χ3n) is 2.95. The average molecular weight is 272 g/mol. The van der Waals surface area contributed by atoms with E-state index in [4.69, 9.17) is 16.3 Å². The van der Waals surface area contributed by atoms with E-state index in [0.29, 0.717) is 30.4 Å². The quantitative estimate of drug-likeness (QED) is 0.824. The van der Waals surface area contributed by atoms with Crippen LogP contribution in [0, 0.1) is 0 Å². The summed E-state index contributed by atoms with van der Waals surface area (Å²) >= 11 is 6.05. The molecule has 0 saturated carbocycles. The van der Waals surface area contributed by atoms with Crippen molar-refractivity contribution in [3.8, 4) is 0 Å². The molecular formula is C12H18ClN3O2. The molecule has 2 atom stereocenters.